The van der Waals surface area contributed by atoms with Crippen LogP contribution in [0.1, 0.15) is 26.7 Å². The molecule has 0 spiro atoms. The Morgan fingerprint density at radius 2 is 1.69 bits per heavy atom. The fourth-order valence-corrected chi connectivity index (χ4v) is 2.35. The van der Waals surface area contributed by atoms with Gasteiger partial charge in [0.1, 0.15) is 0 Å². The number of nitrogens with one attached hydrogen (secondary N) is 1. The van der Waals surface area contributed by atoms with E-state index in [9.17, 15) is 0 Å². The van der Waals surface area contributed by atoms with Gasteiger partial charge in [0.25, 0.3) is 0 Å². The van der Waals surface area contributed by atoms with Crippen LogP contribution in [0.5, 0.6) is 0 Å². The lowest BCUT2D eigenvalue weighted by atomic mass is 9.92. The molecule has 1 N–H and O–H groups in total. The van der Waals surface area contributed by atoms with Crippen LogP contribution in [0.3, 0.4) is 0 Å². The zero-order valence-corrected chi connectivity index (χ0v) is 10.9. The van der Waals surface area contributed by atoms with E-state index in [-0.39, 0.29) is 12.3 Å². The molecule has 0 aromatic carbocycles. The van der Waals surface area contributed by atoms with Gasteiger partial charge >= 0.3 is 0 Å². The van der Waals surface area contributed by atoms with Crippen LogP contribution in [0, 0.1) is 5.92 Å². The van der Waals surface area contributed by atoms with Gasteiger partial charge in [-0.1, -0.05) is 0 Å². The second-order valence-corrected chi connectivity index (χ2v) is 4.53. The first-order valence-corrected chi connectivity index (χ1v) is 6.08. The van der Waals surface area contributed by atoms with E-state index in [1.54, 1.807) is 14.2 Å². The van der Waals surface area contributed by atoms with Crippen LogP contribution in [-0.4, -0.2) is 45.8 Å². The first kappa shape index (κ1) is 13.9. The predicted molar refractivity (Wildman–Crippen MR) is 63.4 cm³/mol. The third-order valence-corrected chi connectivity index (χ3v) is 3.37. The van der Waals surface area contributed by atoms with Gasteiger partial charge in [0.05, 0.1) is 6.04 Å². The summed E-state index contributed by atoms with van der Waals surface area (Å²) in [5.41, 5.74) is 0. The summed E-state index contributed by atoms with van der Waals surface area (Å²) in [4.78, 5) is 0. The summed E-state index contributed by atoms with van der Waals surface area (Å²) in [6, 6.07) is 0.680. The van der Waals surface area contributed by atoms with Gasteiger partial charge in [-0.05, 0) is 32.6 Å². The van der Waals surface area contributed by atoms with Crippen molar-refractivity contribution in [3.05, 3.63) is 0 Å². The minimum absolute atomic E-state index is 0.178. The highest BCUT2D eigenvalue weighted by atomic mass is 16.7. The zero-order chi connectivity index (χ0) is 12.0. The molecule has 1 aliphatic rings. The second-order valence-electron chi connectivity index (χ2n) is 4.53. The molecule has 1 saturated heterocycles. The number of hydrogen-bond acceptors (Lipinski definition) is 4. The van der Waals surface area contributed by atoms with Crippen molar-refractivity contribution in [1.82, 2.24) is 5.32 Å². The van der Waals surface area contributed by atoms with Crippen LogP contribution in [-0.2, 0) is 14.2 Å². The third kappa shape index (κ3) is 4.01. The largest absolute Gasteiger partial charge is 0.381 e. The molecule has 2 atom stereocenters. The average Bonchev–Trinajstić information content (AvgIpc) is 2.31. The minimum Gasteiger partial charge on any atom is -0.381 e. The van der Waals surface area contributed by atoms with Crippen molar-refractivity contribution in [3.63, 3.8) is 0 Å². The van der Waals surface area contributed by atoms with E-state index in [1.807, 2.05) is 0 Å². The molecule has 0 radical (unpaired) electrons. The maximum atomic E-state index is 5.37. The highest BCUT2D eigenvalue weighted by Gasteiger charge is 2.24. The molecule has 4 nitrogen and oxygen atoms in total. The van der Waals surface area contributed by atoms with E-state index in [0.717, 1.165) is 26.1 Å². The molecule has 0 aromatic rings. The van der Waals surface area contributed by atoms with Crippen molar-refractivity contribution in [3.8, 4) is 0 Å². The minimum atomic E-state index is -0.178. The Balaban J connectivity index is 2.33. The summed E-state index contributed by atoms with van der Waals surface area (Å²) < 4.78 is 15.8. The Morgan fingerprint density at radius 3 is 2.19 bits per heavy atom. The quantitative estimate of drug-likeness (QED) is 0.701. The molecule has 1 aliphatic heterocycles. The summed E-state index contributed by atoms with van der Waals surface area (Å²) in [5.74, 6) is 0.700. The number of rotatable bonds is 6. The molecule has 0 amide bonds. The van der Waals surface area contributed by atoms with Gasteiger partial charge in [-0.2, -0.15) is 0 Å². The zero-order valence-electron chi connectivity index (χ0n) is 10.9. The average molecular weight is 231 g/mol. The standard InChI is InChI=1S/C12H25NO3/c1-9(11-5-7-16-8-6-11)13-10(2)12(14-3)15-4/h9-13H,5-8H2,1-4H3. The maximum Gasteiger partial charge on any atom is 0.171 e. The Hall–Kier alpha value is -0.160. The number of hydrogen-bond donors (Lipinski definition) is 1. The Kier molecular flexibility index (Phi) is 6.28. The van der Waals surface area contributed by atoms with E-state index >= 15 is 0 Å². The smallest absolute Gasteiger partial charge is 0.171 e. The van der Waals surface area contributed by atoms with Crippen molar-refractivity contribution in [2.24, 2.45) is 5.92 Å². The van der Waals surface area contributed by atoms with Gasteiger partial charge in [0.2, 0.25) is 0 Å². The first-order valence-electron chi connectivity index (χ1n) is 6.08. The topological polar surface area (TPSA) is 39.7 Å². The maximum absolute atomic E-state index is 5.37. The lowest BCUT2D eigenvalue weighted by molar-refractivity contribution is -0.122. The van der Waals surface area contributed by atoms with Crippen molar-refractivity contribution < 1.29 is 14.2 Å². The molecule has 1 heterocycles. The van der Waals surface area contributed by atoms with E-state index in [2.05, 4.69) is 19.2 Å². The lowest BCUT2D eigenvalue weighted by Crippen LogP contribution is -2.47. The molecule has 0 saturated carbocycles. The normalized spacial score (nSPS) is 22.3. The van der Waals surface area contributed by atoms with Crippen LogP contribution in [0.2, 0.25) is 0 Å². The van der Waals surface area contributed by atoms with Crippen LogP contribution in [0.15, 0.2) is 0 Å². The number of ether oxygens (including phenoxy) is 3. The highest BCUT2D eigenvalue weighted by Crippen LogP contribution is 2.19. The van der Waals surface area contributed by atoms with E-state index in [0.29, 0.717) is 12.0 Å². The van der Waals surface area contributed by atoms with E-state index in [1.165, 1.54) is 0 Å². The highest BCUT2D eigenvalue weighted by molar-refractivity contribution is 4.78. The van der Waals surface area contributed by atoms with Crippen molar-refractivity contribution in [2.45, 2.75) is 45.1 Å². The SMILES string of the molecule is COC(OC)C(C)NC(C)C1CCOCC1. The van der Waals surface area contributed by atoms with Gasteiger partial charge in [-0.25, -0.2) is 0 Å². The molecule has 16 heavy (non-hydrogen) atoms. The van der Waals surface area contributed by atoms with Gasteiger partial charge in [0.15, 0.2) is 6.29 Å². The van der Waals surface area contributed by atoms with E-state index < -0.39 is 0 Å². The van der Waals surface area contributed by atoms with Gasteiger partial charge in [-0.3, -0.25) is 0 Å². The van der Waals surface area contributed by atoms with Crippen LogP contribution >= 0.6 is 0 Å². The van der Waals surface area contributed by atoms with E-state index in [4.69, 9.17) is 14.2 Å². The Labute approximate surface area is 98.6 Å². The molecule has 0 aliphatic carbocycles. The lowest BCUT2D eigenvalue weighted by Gasteiger charge is -2.32. The summed E-state index contributed by atoms with van der Waals surface area (Å²) in [5, 5.41) is 3.55. The van der Waals surface area contributed by atoms with Crippen molar-refractivity contribution >= 4 is 0 Å². The van der Waals surface area contributed by atoms with Gasteiger partial charge < -0.3 is 19.5 Å². The second kappa shape index (κ2) is 7.22. The molecule has 96 valence electrons. The molecular weight excluding hydrogens is 206 g/mol. The Morgan fingerprint density at radius 1 is 1.12 bits per heavy atom. The van der Waals surface area contributed by atoms with Crippen LogP contribution in [0.25, 0.3) is 0 Å². The van der Waals surface area contributed by atoms with Gasteiger partial charge in [0, 0.05) is 33.5 Å². The third-order valence-electron chi connectivity index (χ3n) is 3.37. The summed E-state index contributed by atoms with van der Waals surface area (Å²) in [6.07, 6.45) is 2.11. The van der Waals surface area contributed by atoms with Crippen molar-refractivity contribution in [1.29, 1.82) is 0 Å². The Bertz CT molecular complexity index is 179. The van der Waals surface area contributed by atoms with Crippen LogP contribution < -0.4 is 5.32 Å². The molecule has 1 rings (SSSR count). The summed E-state index contributed by atoms with van der Waals surface area (Å²) in [7, 11) is 3.34. The molecule has 2 unspecified atom stereocenters. The molecule has 0 aromatic heterocycles. The van der Waals surface area contributed by atoms with Crippen LogP contribution in [0.4, 0.5) is 0 Å². The summed E-state index contributed by atoms with van der Waals surface area (Å²) >= 11 is 0. The fourth-order valence-electron chi connectivity index (χ4n) is 2.35. The molecule has 4 heteroatoms. The van der Waals surface area contributed by atoms with Crippen molar-refractivity contribution in [2.75, 3.05) is 27.4 Å². The summed E-state index contributed by atoms with van der Waals surface area (Å²) in [6.45, 7) is 6.11. The number of methoxy groups -OCH3 is 2. The first-order chi connectivity index (χ1) is 7.69. The predicted octanol–water partition coefficient (Wildman–Crippen LogP) is 1.40. The molecule has 1 fully saturated rings. The monoisotopic (exact) mass is 231 g/mol. The van der Waals surface area contributed by atoms with Gasteiger partial charge in [-0.15, -0.1) is 0 Å². The molecule has 0 bridgehead atoms. The molecular formula is C12H25NO3. The fraction of sp³-hybridized carbons (Fsp3) is 1.00.